The predicted octanol–water partition coefficient (Wildman–Crippen LogP) is 2.79. The van der Waals surface area contributed by atoms with Crippen LogP contribution in [-0.4, -0.2) is 15.3 Å². The molecule has 1 aromatic heterocycles. The molecule has 98 valence electrons. The third-order valence-electron chi connectivity index (χ3n) is 2.73. The molecule has 0 amide bonds. The summed E-state index contributed by atoms with van der Waals surface area (Å²) in [7, 11) is 0. The van der Waals surface area contributed by atoms with Crippen molar-refractivity contribution in [1.29, 1.82) is 0 Å². The molecule has 0 saturated carbocycles. The normalized spacial score (nSPS) is 10.4. The number of carbonyl (C=O) groups is 1. The zero-order valence-electron chi connectivity index (χ0n) is 10.2. The van der Waals surface area contributed by atoms with Crippen LogP contribution in [0.4, 0.5) is 10.1 Å². The zero-order valence-corrected chi connectivity index (χ0v) is 10.2. The topological polar surface area (TPSA) is 65.1 Å². The highest BCUT2D eigenvalue weighted by Crippen LogP contribution is 2.18. The van der Waals surface area contributed by atoms with Crippen LogP contribution in [-0.2, 0) is 6.54 Å². The van der Waals surface area contributed by atoms with Crippen molar-refractivity contribution >= 4 is 11.5 Å². The second-order valence-electron chi connectivity index (χ2n) is 4.17. The monoisotopic (exact) mass is 262 g/mol. The van der Waals surface area contributed by atoms with Gasteiger partial charge in [-0.15, -0.1) is 0 Å². The maximum Gasteiger partial charge on any atom is 0.304 e. The molecule has 0 bridgehead atoms. The van der Waals surface area contributed by atoms with Gasteiger partial charge in [-0.25, -0.2) is 0 Å². The lowest BCUT2D eigenvalue weighted by molar-refractivity contribution is -0.387. The number of aromatic nitrogens is 1. The fourth-order valence-electron chi connectivity index (χ4n) is 1.75. The van der Waals surface area contributed by atoms with Crippen LogP contribution < -0.4 is 0 Å². The Kier molecular flexibility index (Phi) is 3.41. The minimum Gasteiger partial charge on any atom is -0.349 e. The van der Waals surface area contributed by atoms with Crippen molar-refractivity contribution in [2.24, 2.45) is 0 Å². The molecule has 0 N–H and O–H groups in total. The van der Waals surface area contributed by atoms with Gasteiger partial charge in [-0.3, -0.25) is 14.9 Å². The van der Waals surface area contributed by atoms with E-state index in [2.05, 4.69) is 0 Å². The van der Waals surface area contributed by atoms with Crippen molar-refractivity contribution in [3.8, 4) is 0 Å². The van der Waals surface area contributed by atoms with E-state index < -0.39 is 16.4 Å². The summed E-state index contributed by atoms with van der Waals surface area (Å²) in [6.45, 7) is 1.81. The number of nitro benzene ring substituents is 1. The van der Waals surface area contributed by atoms with Crippen LogP contribution in [0.2, 0.25) is 0 Å². The van der Waals surface area contributed by atoms with Gasteiger partial charge in [0.2, 0.25) is 5.82 Å². The van der Waals surface area contributed by atoms with Gasteiger partial charge in [-0.05, 0) is 24.6 Å². The number of nitrogens with zero attached hydrogens (tertiary/aromatic N) is 2. The van der Waals surface area contributed by atoms with Crippen molar-refractivity contribution in [1.82, 2.24) is 4.57 Å². The van der Waals surface area contributed by atoms with E-state index in [9.17, 15) is 19.3 Å². The van der Waals surface area contributed by atoms with Crippen LogP contribution in [0.1, 0.15) is 22.8 Å². The first kappa shape index (κ1) is 12.9. The van der Waals surface area contributed by atoms with Gasteiger partial charge >= 0.3 is 5.69 Å². The Morgan fingerprint density at radius 2 is 2.16 bits per heavy atom. The fraction of sp³-hybridized carbons (Fsp3) is 0.154. The second kappa shape index (κ2) is 5.01. The number of hydrogen-bond acceptors (Lipinski definition) is 3. The molecule has 6 heteroatoms. The summed E-state index contributed by atoms with van der Waals surface area (Å²) in [6, 6.07) is 5.43. The molecule has 0 aliphatic rings. The Morgan fingerprint density at radius 1 is 1.42 bits per heavy atom. The lowest BCUT2D eigenvalue weighted by Crippen LogP contribution is -1.99. The number of ketones is 1. The first-order valence-corrected chi connectivity index (χ1v) is 5.57. The summed E-state index contributed by atoms with van der Waals surface area (Å²) in [6.07, 6.45) is 3.36. The van der Waals surface area contributed by atoms with E-state index in [1.807, 2.05) is 0 Å². The van der Waals surface area contributed by atoms with Gasteiger partial charge in [-0.2, -0.15) is 4.39 Å². The van der Waals surface area contributed by atoms with Crippen molar-refractivity contribution in [2.45, 2.75) is 13.5 Å². The largest absolute Gasteiger partial charge is 0.349 e. The van der Waals surface area contributed by atoms with Crippen LogP contribution >= 0.6 is 0 Å². The number of Topliss-reactive ketones (excluding diaryl/α,β-unsaturated/α-hetero) is 1. The van der Waals surface area contributed by atoms with E-state index in [0.717, 1.165) is 12.1 Å². The van der Waals surface area contributed by atoms with E-state index in [-0.39, 0.29) is 5.78 Å². The fourth-order valence-corrected chi connectivity index (χ4v) is 1.75. The smallest absolute Gasteiger partial charge is 0.304 e. The first-order chi connectivity index (χ1) is 8.97. The minimum atomic E-state index is -0.860. The van der Waals surface area contributed by atoms with Gasteiger partial charge in [0.05, 0.1) is 4.92 Å². The number of nitro groups is 1. The van der Waals surface area contributed by atoms with Gasteiger partial charge in [0.1, 0.15) is 0 Å². The van der Waals surface area contributed by atoms with Crippen molar-refractivity contribution in [3.05, 3.63) is 63.7 Å². The molecule has 5 nitrogen and oxygen atoms in total. The van der Waals surface area contributed by atoms with Crippen molar-refractivity contribution in [3.63, 3.8) is 0 Å². The summed E-state index contributed by atoms with van der Waals surface area (Å²) < 4.78 is 15.2. The van der Waals surface area contributed by atoms with Gasteiger partial charge in [0, 0.05) is 30.6 Å². The molecule has 0 fully saturated rings. The molecule has 0 saturated heterocycles. The molecule has 0 unspecified atom stereocenters. The standard InChI is InChI=1S/C13H11FN2O3/c1-9(17)11-4-5-15(8-11)7-10-2-3-13(16(18)19)12(14)6-10/h2-6,8H,7H2,1H3. The third kappa shape index (κ3) is 2.85. The van der Waals surface area contributed by atoms with Crippen LogP contribution in [0.15, 0.2) is 36.7 Å². The second-order valence-corrected chi connectivity index (χ2v) is 4.17. The maximum atomic E-state index is 13.4. The maximum absolute atomic E-state index is 13.4. The number of rotatable bonds is 4. The average Bonchev–Trinajstić information content (AvgIpc) is 2.77. The Labute approximate surface area is 108 Å². The molecular weight excluding hydrogens is 251 g/mol. The Balaban J connectivity index is 2.21. The molecule has 19 heavy (non-hydrogen) atoms. The van der Waals surface area contributed by atoms with E-state index in [1.54, 1.807) is 23.0 Å². The number of carbonyl (C=O) groups excluding carboxylic acids is 1. The molecule has 0 aliphatic carbocycles. The van der Waals surface area contributed by atoms with Crippen LogP contribution in [0.5, 0.6) is 0 Å². The average molecular weight is 262 g/mol. The Bertz CT molecular complexity index is 649. The zero-order chi connectivity index (χ0) is 14.0. The van der Waals surface area contributed by atoms with Crippen LogP contribution in [0.25, 0.3) is 0 Å². The Morgan fingerprint density at radius 3 is 2.68 bits per heavy atom. The lowest BCUT2D eigenvalue weighted by Gasteiger charge is -2.03. The van der Waals surface area contributed by atoms with Crippen LogP contribution in [0, 0.1) is 15.9 Å². The molecule has 1 heterocycles. The highest BCUT2D eigenvalue weighted by Gasteiger charge is 2.13. The SMILES string of the molecule is CC(=O)c1ccn(Cc2ccc([N+](=O)[O-])c(F)c2)c1. The third-order valence-corrected chi connectivity index (χ3v) is 2.73. The van der Waals surface area contributed by atoms with Crippen molar-refractivity contribution in [2.75, 3.05) is 0 Å². The van der Waals surface area contributed by atoms with Crippen LogP contribution in [0.3, 0.4) is 0 Å². The van der Waals surface area contributed by atoms with Gasteiger partial charge in [0.15, 0.2) is 5.78 Å². The first-order valence-electron chi connectivity index (χ1n) is 5.57. The molecule has 2 aromatic rings. The molecule has 0 spiro atoms. The van der Waals surface area contributed by atoms with E-state index in [1.165, 1.54) is 13.0 Å². The Hall–Kier alpha value is -2.50. The summed E-state index contributed by atoms with van der Waals surface area (Å²) in [5, 5.41) is 10.5. The summed E-state index contributed by atoms with van der Waals surface area (Å²) >= 11 is 0. The van der Waals surface area contributed by atoms with Gasteiger partial charge in [-0.1, -0.05) is 6.07 Å². The number of halogens is 1. The van der Waals surface area contributed by atoms with E-state index in [4.69, 9.17) is 0 Å². The molecule has 0 atom stereocenters. The summed E-state index contributed by atoms with van der Waals surface area (Å²) in [5.41, 5.74) is 0.622. The molecule has 0 radical (unpaired) electrons. The number of hydrogen-bond donors (Lipinski definition) is 0. The molecular formula is C13H11FN2O3. The molecule has 2 rings (SSSR count). The van der Waals surface area contributed by atoms with E-state index in [0.29, 0.717) is 17.7 Å². The van der Waals surface area contributed by atoms with Gasteiger partial charge in [0.25, 0.3) is 0 Å². The van der Waals surface area contributed by atoms with Crippen molar-refractivity contribution < 1.29 is 14.1 Å². The number of benzene rings is 1. The summed E-state index contributed by atoms with van der Waals surface area (Å²) in [4.78, 5) is 20.9. The quantitative estimate of drug-likeness (QED) is 0.483. The summed E-state index contributed by atoms with van der Waals surface area (Å²) in [5.74, 6) is -0.907. The highest BCUT2D eigenvalue weighted by atomic mass is 19.1. The predicted molar refractivity (Wildman–Crippen MR) is 66.6 cm³/mol. The highest BCUT2D eigenvalue weighted by molar-refractivity contribution is 5.93. The molecule has 1 aromatic carbocycles. The van der Waals surface area contributed by atoms with Gasteiger partial charge < -0.3 is 4.57 Å². The molecule has 0 aliphatic heterocycles. The lowest BCUT2D eigenvalue weighted by atomic mass is 10.2. The minimum absolute atomic E-state index is 0.0476. The van der Waals surface area contributed by atoms with E-state index >= 15 is 0 Å².